The molecule has 278 valence electrons. The van der Waals surface area contributed by atoms with Gasteiger partial charge in [0.1, 0.15) is 47.1 Å². The smallest absolute Gasteiger partial charge is 0.319 e. The molecule has 2 atom stereocenters. The Morgan fingerprint density at radius 3 is 2.43 bits per heavy atom. The maximum atomic E-state index is 12.8. The third-order valence-electron chi connectivity index (χ3n) is 11.0. The Bertz CT molecular complexity index is 2110. The molecule has 9 heteroatoms. The van der Waals surface area contributed by atoms with E-state index < -0.39 is 5.60 Å². The van der Waals surface area contributed by atoms with Crippen LogP contribution >= 0.6 is 23.4 Å². The highest BCUT2D eigenvalue weighted by Gasteiger charge is 2.37. The van der Waals surface area contributed by atoms with Crippen LogP contribution in [0.4, 0.5) is 0 Å². The lowest BCUT2D eigenvalue weighted by atomic mass is 9.73. The average Bonchev–Trinajstić information content (AvgIpc) is 3.45. The van der Waals surface area contributed by atoms with E-state index in [9.17, 15) is 4.79 Å². The first-order valence-electron chi connectivity index (χ1n) is 18.7. The Kier molecular flexibility index (Phi) is 11.0. The highest BCUT2D eigenvalue weighted by Crippen LogP contribution is 2.47. The van der Waals surface area contributed by atoms with Crippen molar-refractivity contribution >= 4 is 40.4 Å². The zero-order valence-corrected chi connectivity index (χ0v) is 33.2. The molecule has 53 heavy (non-hydrogen) atoms. The molecule has 5 aromatic rings. The van der Waals surface area contributed by atoms with Crippen LogP contribution in [0.1, 0.15) is 84.7 Å². The minimum Gasteiger partial charge on any atom is -0.489 e. The van der Waals surface area contributed by atoms with Gasteiger partial charge in [-0.15, -0.1) is 11.8 Å². The minimum atomic E-state index is -0.417. The molecule has 1 aromatic heterocycles. The first-order valence-corrected chi connectivity index (χ1v) is 20.0. The number of fused-ring (bicyclic) bond motifs is 2. The van der Waals surface area contributed by atoms with E-state index in [0.29, 0.717) is 37.2 Å². The number of hydrogen-bond donors (Lipinski definition) is 0. The Hall–Kier alpha value is -4.14. The predicted octanol–water partition coefficient (Wildman–Crippen LogP) is 10.4. The van der Waals surface area contributed by atoms with Crippen molar-refractivity contribution in [3.8, 4) is 17.2 Å². The van der Waals surface area contributed by atoms with Gasteiger partial charge in [0.05, 0.1) is 17.6 Å². The zero-order valence-electron chi connectivity index (χ0n) is 31.6. The molecule has 2 unspecified atom stereocenters. The van der Waals surface area contributed by atoms with Gasteiger partial charge in [0.25, 0.3) is 0 Å². The van der Waals surface area contributed by atoms with Crippen LogP contribution in [0.2, 0.25) is 5.02 Å². The van der Waals surface area contributed by atoms with E-state index in [0.717, 1.165) is 57.4 Å². The van der Waals surface area contributed by atoms with Crippen molar-refractivity contribution in [3.63, 3.8) is 0 Å². The van der Waals surface area contributed by atoms with Crippen LogP contribution in [0.15, 0.2) is 71.6 Å². The summed E-state index contributed by atoms with van der Waals surface area (Å²) in [6, 6.07) is 21.4. The van der Waals surface area contributed by atoms with Crippen molar-refractivity contribution in [1.82, 2.24) is 9.55 Å². The van der Waals surface area contributed by atoms with Crippen LogP contribution in [0.25, 0.3) is 11.0 Å². The summed E-state index contributed by atoms with van der Waals surface area (Å²) in [6.45, 7) is 11.9. The molecule has 1 aliphatic carbocycles. The number of thioether (sulfide) groups is 1. The van der Waals surface area contributed by atoms with Crippen molar-refractivity contribution in [2.75, 3.05) is 13.2 Å². The standard InChI is InChI=1S/C44H49ClN2O5S/c1-7-49-43(48)39(53-35-18-13-32(45)14-19-35)23-30-11-15-33(16-12-30)50-25-40-46-37-20-17-34(24-38(37)47(40)6)51-26-44(5)22-21-36-29(4)41(31-9-8-10-31)27(2)28(3)42(36)52-44/h11-20,24,31,39H,7-10,21-23,25-26H2,1-6H3. The van der Waals surface area contributed by atoms with Gasteiger partial charge < -0.3 is 23.5 Å². The lowest BCUT2D eigenvalue weighted by molar-refractivity contribution is -0.142. The lowest BCUT2D eigenvalue weighted by Gasteiger charge is -2.39. The van der Waals surface area contributed by atoms with Crippen LogP contribution in [-0.4, -0.2) is 39.6 Å². The first-order chi connectivity index (χ1) is 25.5. The summed E-state index contributed by atoms with van der Waals surface area (Å²) in [6.07, 6.45) is 6.41. The maximum Gasteiger partial charge on any atom is 0.319 e. The molecule has 0 bridgehead atoms. The molecule has 1 aliphatic heterocycles. The molecule has 0 spiro atoms. The van der Waals surface area contributed by atoms with Crippen molar-refractivity contribution in [3.05, 3.63) is 111 Å². The van der Waals surface area contributed by atoms with Crippen LogP contribution < -0.4 is 14.2 Å². The highest BCUT2D eigenvalue weighted by molar-refractivity contribution is 8.00. The van der Waals surface area contributed by atoms with Crippen molar-refractivity contribution in [2.45, 2.75) is 101 Å². The van der Waals surface area contributed by atoms with Gasteiger partial charge in [-0.3, -0.25) is 4.79 Å². The Morgan fingerprint density at radius 2 is 1.74 bits per heavy atom. The second kappa shape index (κ2) is 15.7. The third kappa shape index (κ3) is 8.04. The summed E-state index contributed by atoms with van der Waals surface area (Å²) in [4.78, 5) is 18.6. The molecule has 0 N–H and O–H groups in total. The molecule has 0 radical (unpaired) electrons. The largest absolute Gasteiger partial charge is 0.489 e. The molecular formula is C44H49ClN2O5S. The van der Waals surface area contributed by atoms with E-state index in [1.165, 1.54) is 53.3 Å². The van der Waals surface area contributed by atoms with Gasteiger partial charge in [-0.2, -0.15) is 0 Å². The van der Waals surface area contributed by atoms with Crippen LogP contribution in [0.3, 0.4) is 0 Å². The molecule has 7 rings (SSSR count). The fourth-order valence-corrected chi connectivity index (χ4v) is 8.78. The number of aryl methyl sites for hydroxylation is 1. The molecular weight excluding hydrogens is 704 g/mol. The number of hydrogen-bond acceptors (Lipinski definition) is 7. The summed E-state index contributed by atoms with van der Waals surface area (Å²) >= 11 is 7.53. The molecule has 4 aromatic carbocycles. The Balaban J connectivity index is 0.971. The summed E-state index contributed by atoms with van der Waals surface area (Å²) in [5.74, 6) is 3.87. The number of carbonyl (C=O) groups is 1. The van der Waals surface area contributed by atoms with E-state index >= 15 is 0 Å². The summed E-state index contributed by atoms with van der Waals surface area (Å²) in [5.41, 5.74) is 9.55. The molecule has 2 heterocycles. The topological polar surface area (TPSA) is 71.8 Å². The van der Waals surface area contributed by atoms with E-state index in [1.54, 1.807) is 5.56 Å². The first kappa shape index (κ1) is 37.2. The van der Waals surface area contributed by atoms with Crippen molar-refractivity contribution < 1.29 is 23.7 Å². The number of carbonyl (C=O) groups excluding carboxylic acids is 1. The van der Waals surface area contributed by atoms with Gasteiger partial charge in [-0.05, 0) is 155 Å². The van der Waals surface area contributed by atoms with Gasteiger partial charge in [0, 0.05) is 23.0 Å². The van der Waals surface area contributed by atoms with Crippen LogP contribution in [-0.2, 0) is 36.0 Å². The van der Waals surface area contributed by atoms with Crippen LogP contribution in [0.5, 0.6) is 17.2 Å². The molecule has 2 aliphatic rings. The second-order valence-corrected chi connectivity index (χ2v) is 16.5. The van der Waals surface area contributed by atoms with Gasteiger partial charge in [0.2, 0.25) is 0 Å². The van der Waals surface area contributed by atoms with Crippen LogP contribution in [0, 0.1) is 20.8 Å². The summed E-state index contributed by atoms with van der Waals surface area (Å²) in [5, 5.41) is 0.280. The SMILES string of the molecule is CCOC(=O)C(Cc1ccc(OCc2nc3ccc(OCC4(C)CCc5c(C)c(C6CCC6)c(C)c(C)c5O4)cc3n2C)cc1)Sc1ccc(Cl)cc1. The van der Waals surface area contributed by atoms with Crippen molar-refractivity contribution in [1.29, 1.82) is 0 Å². The Morgan fingerprint density at radius 1 is 1.00 bits per heavy atom. The number of ether oxygens (including phenoxy) is 4. The summed E-state index contributed by atoms with van der Waals surface area (Å²) < 4.78 is 26.8. The normalized spacial score (nSPS) is 17.5. The summed E-state index contributed by atoms with van der Waals surface area (Å²) in [7, 11) is 2.00. The zero-order chi connectivity index (χ0) is 37.3. The number of esters is 1. The Labute approximate surface area is 322 Å². The maximum absolute atomic E-state index is 12.8. The fraction of sp³-hybridized carbons (Fsp3) is 0.409. The number of benzene rings is 4. The average molecular weight is 753 g/mol. The van der Waals surface area contributed by atoms with Gasteiger partial charge in [-0.25, -0.2) is 4.98 Å². The third-order valence-corrected chi connectivity index (χ3v) is 12.5. The fourth-order valence-electron chi connectivity index (χ4n) is 7.59. The lowest BCUT2D eigenvalue weighted by Crippen LogP contribution is -2.42. The highest BCUT2D eigenvalue weighted by atomic mass is 35.5. The van der Waals surface area contributed by atoms with Crippen molar-refractivity contribution in [2.24, 2.45) is 7.05 Å². The predicted molar refractivity (Wildman–Crippen MR) is 213 cm³/mol. The number of rotatable bonds is 13. The number of nitrogens with zero attached hydrogens (tertiary/aromatic N) is 2. The second-order valence-electron chi connectivity index (χ2n) is 14.8. The van der Waals surface area contributed by atoms with E-state index in [2.05, 4.69) is 32.3 Å². The monoisotopic (exact) mass is 752 g/mol. The number of halogens is 1. The quantitative estimate of drug-likeness (QED) is 0.0876. The van der Waals surface area contributed by atoms with Gasteiger partial charge >= 0.3 is 5.97 Å². The minimum absolute atomic E-state index is 0.233. The van der Waals surface area contributed by atoms with Gasteiger partial charge in [0.15, 0.2) is 0 Å². The van der Waals surface area contributed by atoms with E-state index in [1.807, 2.05) is 80.7 Å². The number of imidazole rings is 1. The van der Waals surface area contributed by atoms with E-state index in [4.69, 9.17) is 35.5 Å². The molecule has 7 nitrogen and oxygen atoms in total. The molecule has 1 saturated carbocycles. The number of aromatic nitrogens is 2. The molecule has 0 saturated heterocycles. The molecule has 1 fully saturated rings. The van der Waals surface area contributed by atoms with Gasteiger partial charge in [-0.1, -0.05) is 30.2 Å². The van der Waals surface area contributed by atoms with E-state index in [-0.39, 0.29) is 11.2 Å². The molecule has 0 amide bonds.